The van der Waals surface area contributed by atoms with Gasteiger partial charge < -0.3 is 19.7 Å². The summed E-state index contributed by atoms with van der Waals surface area (Å²) in [6, 6.07) is 9.07. The van der Waals surface area contributed by atoms with Crippen LogP contribution in [-0.2, 0) is 17.8 Å². The van der Waals surface area contributed by atoms with Gasteiger partial charge in [-0.25, -0.2) is 4.98 Å². The number of aryl methyl sites for hydroxylation is 1. The highest BCUT2D eigenvalue weighted by Gasteiger charge is 2.12. The minimum atomic E-state index is -0.651. The van der Waals surface area contributed by atoms with Gasteiger partial charge in [0.15, 0.2) is 5.75 Å². The molecule has 130 valence electrons. The fraction of sp³-hybridized carbons (Fsp3) is 0.353. The van der Waals surface area contributed by atoms with Crippen LogP contribution >= 0.6 is 27.5 Å². The predicted octanol–water partition coefficient (Wildman–Crippen LogP) is 3.72. The number of aliphatic hydroxyl groups excluding tert-OH is 1. The van der Waals surface area contributed by atoms with Gasteiger partial charge in [0.05, 0.1) is 36.6 Å². The number of aromatic nitrogens is 1. The molecule has 5 nitrogen and oxygen atoms in total. The second kappa shape index (κ2) is 9.22. The molecular formula is C17H19BrClNO4. The van der Waals surface area contributed by atoms with Crippen LogP contribution < -0.4 is 4.74 Å². The van der Waals surface area contributed by atoms with Crippen LogP contribution in [0.5, 0.6) is 11.5 Å². The number of methoxy groups -OCH3 is 1. The second-order valence-corrected chi connectivity index (χ2v) is 6.52. The molecule has 0 aliphatic heterocycles. The summed E-state index contributed by atoms with van der Waals surface area (Å²) in [6.07, 6.45) is 0.163. The molecule has 0 amide bonds. The zero-order valence-corrected chi connectivity index (χ0v) is 15.5. The summed E-state index contributed by atoms with van der Waals surface area (Å²) in [5, 5.41) is 20.2. The molecule has 1 aromatic heterocycles. The van der Waals surface area contributed by atoms with E-state index in [4.69, 9.17) is 21.1 Å². The molecule has 0 aliphatic rings. The molecule has 2 rings (SSSR count). The van der Waals surface area contributed by atoms with Crippen molar-refractivity contribution in [2.24, 2.45) is 0 Å². The fourth-order valence-electron chi connectivity index (χ4n) is 2.12. The number of rotatable bonds is 8. The second-order valence-electron chi connectivity index (χ2n) is 5.28. The van der Waals surface area contributed by atoms with Crippen LogP contribution in [0.2, 0.25) is 5.15 Å². The molecule has 0 fully saturated rings. The molecule has 1 atom stereocenters. The Morgan fingerprint density at radius 3 is 2.67 bits per heavy atom. The summed E-state index contributed by atoms with van der Waals surface area (Å²) < 4.78 is 11.1. The highest BCUT2D eigenvalue weighted by Crippen LogP contribution is 2.29. The summed E-state index contributed by atoms with van der Waals surface area (Å²) >= 11 is 9.07. The van der Waals surface area contributed by atoms with Gasteiger partial charge in [-0.3, -0.25) is 0 Å². The lowest BCUT2D eigenvalue weighted by Crippen LogP contribution is -2.16. The molecule has 2 N–H and O–H groups in total. The Bertz CT molecular complexity index is 666. The van der Waals surface area contributed by atoms with Gasteiger partial charge in [0.2, 0.25) is 0 Å². The van der Waals surface area contributed by atoms with Gasteiger partial charge in [-0.05, 0) is 52.5 Å². The Morgan fingerprint density at radius 1 is 1.29 bits per heavy atom. The molecule has 0 saturated carbocycles. The van der Waals surface area contributed by atoms with Crippen LogP contribution in [0.3, 0.4) is 0 Å². The molecule has 0 spiro atoms. The summed E-state index contributed by atoms with van der Waals surface area (Å²) in [5.41, 5.74) is 1.45. The zero-order valence-electron chi connectivity index (χ0n) is 13.2. The van der Waals surface area contributed by atoms with Crippen LogP contribution in [0.4, 0.5) is 0 Å². The van der Waals surface area contributed by atoms with Gasteiger partial charge >= 0.3 is 0 Å². The van der Waals surface area contributed by atoms with Crippen molar-refractivity contribution < 1.29 is 19.7 Å². The third-order valence-electron chi connectivity index (χ3n) is 3.44. The molecule has 0 unspecified atom stereocenters. The van der Waals surface area contributed by atoms with Crippen LogP contribution in [0.15, 0.2) is 34.8 Å². The van der Waals surface area contributed by atoms with Gasteiger partial charge in [-0.1, -0.05) is 23.7 Å². The van der Waals surface area contributed by atoms with Gasteiger partial charge in [-0.15, -0.1) is 0 Å². The first kappa shape index (κ1) is 19.0. The van der Waals surface area contributed by atoms with Crippen LogP contribution in [0.1, 0.15) is 17.7 Å². The monoisotopic (exact) mass is 415 g/mol. The predicted molar refractivity (Wildman–Crippen MR) is 95.6 cm³/mol. The number of halogens is 2. The molecule has 1 heterocycles. The number of aliphatic hydroxyl groups is 1. The third kappa shape index (κ3) is 5.63. The number of benzene rings is 1. The number of hydrogen-bond acceptors (Lipinski definition) is 5. The van der Waals surface area contributed by atoms with Crippen molar-refractivity contribution in [2.75, 3.05) is 13.7 Å². The maximum Gasteiger partial charge on any atom is 0.151 e. The fourth-order valence-corrected chi connectivity index (χ4v) is 2.91. The van der Waals surface area contributed by atoms with Gasteiger partial charge in [-0.2, -0.15) is 0 Å². The van der Waals surface area contributed by atoms with E-state index in [1.807, 2.05) is 24.3 Å². The van der Waals surface area contributed by atoms with Gasteiger partial charge in [0.1, 0.15) is 10.9 Å². The lowest BCUT2D eigenvalue weighted by molar-refractivity contribution is 0.0245. The Kier molecular flexibility index (Phi) is 7.30. The zero-order chi connectivity index (χ0) is 17.5. The largest absolute Gasteiger partial charge is 0.505 e. The Morgan fingerprint density at radius 2 is 2.00 bits per heavy atom. The van der Waals surface area contributed by atoms with Crippen molar-refractivity contribution in [3.05, 3.63) is 51.2 Å². The van der Waals surface area contributed by atoms with Crippen molar-refractivity contribution in [2.45, 2.75) is 25.6 Å². The van der Waals surface area contributed by atoms with Crippen molar-refractivity contribution in [1.29, 1.82) is 0 Å². The topological polar surface area (TPSA) is 71.8 Å². The molecule has 1 aromatic carbocycles. The first-order valence-electron chi connectivity index (χ1n) is 7.42. The molecule has 2 aromatic rings. The number of hydrogen-bond donors (Lipinski definition) is 2. The average molecular weight is 417 g/mol. The molecule has 0 saturated heterocycles. The lowest BCUT2D eigenvalue weighted by atomic mass is 10.1. The maximum atomic E-state index is 10.0. The van der Waals surface area contributed by atoms with Crippen molar-refractivity contribution in [3.8, 4) is 11.5 Å². The molecule has 0 radical (unpaired) electrons. The quantitative estimate of drug-likeness (QED) is 0.642. The number of aromatic hydroxyl groups is 1. The van der Waals surface area contributed by atoms with E-state index in [1.54, 1.807) is 7.11 Å². The van der Waals surface area contributed by atoms with E-state index in [-0.39, 0.29) is 12.4 Å². The van der Waals surface area contributed by atoms with Gasteiger partial charge in [0, 0.05) is 0 Å². The Labute approximate surface area is 154 Å². The molecule has 7 heteroatoms. The standard InChI is InChI=1S/C17H19BrClNO4/c1-23-13-5-2-11(3-6-13)9-24-10-12(21)4-7-15-17(22)14(18)8-16(19)20-15/h2-3,5-6,8,12,21-22H,4,7,9-10H2,1H3/t12-/m1/s1. The molecule has 0 aliphatic carbocycles. The van der Waals surface area contributed by atoms with E-state index < -0.39 is 6.10 Å². The molecular weight excluding hydrogens is 398 g/mol. The SMILES string of the molecule is COc1ccc(COC[C@H](O)CCc2nc(Cl)cc(Br)c2O)cc1. The first-order valence-corrected chi connectivity index (χ1v) is 8.59. The van der Waals surface area contributed by atoms with Crippen LogP contribution in [0, 0.1) is 0 Å². The van der Waals surface area contributed by atoms with Crippen LogP contribution in [-0.4, -0.2) is 35.0 Å². The maximum absolute atomic E-state index is 10.0. The van der Waals surface area contributed by atoms with E-state index >= 15 is 0 Å². The normalized spacial score (nSPS) is 12.2. The Hall–Kier alpha value is -1.34. The average Bonchev–Trinajstić information content (AvgIpc) is 2.57. The first-order chi connectivity index (χ1) is 11.5. The van der Waals surface area contributed by atoms with E-state index in [0.717, 1.165) is 11.3 Å². The van der Waals surface area contributed by atoms with Crippen molar-refractivity contribution >= 4 is 27.5 Å². The lowest BCUT2D eigenvalue weighted by Gasteiger charge is -2.12. The van der Waals surface area contributed by atoms with Crippen molar-refractivity contribution in [3.63, 3.8) is 0 Å². The molecule has 24 heavy (non-hydrogen) atoms. The third-order valence-corrected chi connectivity index (χ3v) is 4.24. The Balaban J connectivity index is 1.76. The number of pyridine rings is 1. The van der Waals surface area contributed by atoms with Crippen molar-refractivity contribution in [1.82, 2.24) is 4.98 Å². The van der Waals surface area contributed by atoms with Crippen LogP contribution in [0.25, 0.3) is 0 Å². The summed E-state index contributed by atoms with van der Waals surface area (Å²) in [4.78, 5) is 4.07. The minimum absolute atomic E-state index is 0.0470. The summed E-state index contributed by atoms with van der Waals surface area (Å²) in [7, 11) is 1.62. The summed E-state index contributed by atoms with van der Waals surface area (Å²) in [6.45, 7) is 0.613. The molecule has 0 bridgehead atoms. The summed E-state index contributed by atoms with van der Waals surface area (Å²) in [5.74, 6) is 0.838. The highest BCUT2D eigenvalue weighted by atomic mass is 79.9. The van der Waals surface area contributed by atoms with E-state index in [0.29, 0.717) is 34.8 Å². The minimum Gasteiger partial charge on any atom is -0.505 e. The van der Waals surface area contributed by atoms with Gasteiger partial charge in [0.25, 0.3) is 0 Å². The number of nitrogens with zero attached hydrogens (tertiary/aromatic N) is 1. The van der Waals surface area contributed by atoms with E-state index in [2.05, 4.69) is 20.9 Å². The number of ether oxygens (including phenoxy) is 2. The van der Waals surface area contributed by atoms with E-state index in [1.165, 1.54) is 6.07 Å². The highest BCUT2D eigenvalue weighted by molar-refractivity contribution is 9.10. The smallest absolute Gasteiger partial charge is 0.151 e. The van der Waals surface area contributed by atoms with E-state index in [9.17, 15) is 10.2 Å².